The summed E-state index contributed by atoms with van der Waals surface area (Å²) in [5, 5.41) is 0. The molecule has 0 N–H and O–H groups in total. The van der Waals surface area contributed by atoms with E-state index in [9.17, 15) is 4.57 Å². The third-order valence-corrected chi connectivity index (χ3v) is 6.27. The predicted molar refractivity (Wildman–Crippen MR) is 94.2 cm³/mol. The van der Waals surface area contributed by atoms with Crippen LogP contribution in [0.4, 0.5) is 0 Å². The van der Waals surface area contributed by atoms with Gasteiger partial charge in [-0.2, -0.15) is 0 Å². The van der Waals surface area contributed by atoms with Gasteiger partial charge in [-0.25, -0.2) is 9.78 Å². The van der Waals surface area contributed by atoms with Crippen molar-refractivity contribution in [3.63, 3.8) is 0 Å². The van der Waals surface area contributed by atoms with Crippen LogP contribution in [-0.2, 0) is 42.0 Å². The Morgan fingerprint density at radius 3 is 2.12 bits per heavy atom. The molecule has 1 aliphatic heterocycles. The summed E-state index contributed by atoms with van der Waals surface area (Å²) in [5.74, 6) is 0. The number of ether oxygens (including phenoxy) is 3. The third-order valence-electron chi connectivity index (χ3n) is 2.55. The maximum atomic E-state index is 12.4. The highest BCUT2D eigenvalue weighted by atomic mass is 31.2. The topological polar surface area (TPSA) is 90.9 Å². The van der Waals surface area contributed by atoms with Gasteiger partial charge in [0.1, 0.15) is 33.0 Å². The van der Waals surface area contributed by atoms with Gasteiger partial charge in [-0.15, -0.1) is 9.35 Å². The molecule has 0 bridgehead atoms. The zero-order valence-corrected chi connectivity index (χ0v) is 19.5. The fraction of sp³-hybridized carbons (Fsp3) is 1.00. The Morgan fingerprint density at radius 1 is 1.21 bits per heavy atom. The highest BCUT2D eigenvalue weighted by Crippen LogP contribution is 2.50. The van der Waals surface area contributed by atoms with Crippen molar-refractivity contribution in [3.05, 3.63) is 0 Å². The van der Waals surface area contributed by atoms with Crippen molar-refractivity contribution in [1.82, 2.24) is 0 Å². The summed E-state index contributed by atoms with van der Waals surface area (Å²) in [5.41, 5.74) is 0. The van der Waals surface area contributed by atoms with Gasteiger partial charge in [-0.1, -0.05) is 20.4 Å². The summed E-state index contributed by atoms with van der Waals surface area (Å²) in [6.45, 7) is 6.78. The molecular formula is C12H31O9PSi2. The molecule has 24 heavy (non-hydrogen) atoms. The van der Waals surface area contributed by atoms with Crippen molar-refractivity contribution >= 4 is 27.8 Å². The lowest BCUT2D eigenvalue weighted by Crippen LogP contribution is -2.19. The van der Waals surface area contributed by atoms with E-state index in [4.69, 9.17) is 37.4 Å². The molecule has 9 nitrogen and oxygen atoms in total. The monoisotopic (exact) mass is 406 g/mol. The van der Waals surface area contributed by atoms with E-state index in [1.807, 2.05) is 13.8 Å². The molecule has 0 aromatic rings. The lowest BCUT2D eigenvalue weighted by atomic mass is 10.5. The van der Waals surface area contributed by atoms with Gasteiger partial charge in [0.25, 0.3) is 0 Å². The zero-order chi connectivity index (χ0) is 18.3. The molecule has 0 radical (unpaired) electrons. The summed E-state index contributed by atoms with van der Waals surface area (Å²) < 4.78 is 42.5. The Hall–Kier alpha value is 0.344. The van der Waals surface area contributed by atoms with E-state index in [2.05, 4.69) is 6.55 Å². The minimum atomic E-state index is -3.61. The van der Waals surface area contributed by atoms with Crippen LogP contribution in [0.3, 0.4) is 0 Å². The highest BCUT2D eigenvalue weighted by molar-refractivity contribution is 7.53. The van der Waals surface area contributed by atoms with Crippen LogP contribution in [0.15, 0.2) is 0 Å². The van der Waals surface area contributed by atoms with E-state index in [0.717, 1.165) is 23.3 Å². The van der Waals surface area contributed by atoms with Crippen molar-refractivity contribution in [2.75, 3.05) is 33.1 Å². The van der Waals surface area contributed by atoms with Gasteiger partial charge in [-0.05, 0) is 12.8 Å². The van der Waals surface area contributed by atoms with Gasteiger partial charge in [-0.3, -0.25) is 4.57 Å². The van der Waals surface area contributed by atoms with E-state index < -0.39 is 20.2 Å². The average molecular weight is 407 g/mol. The first-order valence-corrected chi connectivity index (χ1v) is 12.6. The van der Waals surface area contributed by atoms with Gasteiger partial charge < -0.3 is 18.3 Å². The van der Waals surface area contributed by atoms with E-state index in [1.165, 1.54) is 7.11 Å². The van der Waals surface area contributed by atoms with Crippen molar-refractivity contribution in [3.8, 4) is 0 Å². The molecular weight excluding hydrogens is 375 g/mol. The van der Waals surface area contributed by atoms with Gasteiger partial charge in [0, 0.05) is 7.11 Å². The first-order chi connectivity index (χ1) is 11.5. The molecule has 1 aliphatic rings. The van der Waals surface area contributed by atoms with E-state index >= 15 is 0 Å². The van der Waals surface area contributed by atoms with Gasteiger partial charge in [0.05, 0.1) is 13.2 Å². The summed E-state index contributed by atoms with van der Waals surface area (Å²) in [6, 6.07) is 0. The predicted octanol–water partition coefficient (Wildman–Crippen LogP) is 0.657. The zero-order valence-electron chi connectivity index (χ0n) is 15.2. The molecule has 1 saturated heterocycles. The molecule has 12 heteroatoms. The highest BCUT2D eigenvalue weighted by Gasteiger charge is 2.37. The second kappa shape index (κ2) is 15.6. The van der Waals surface area contributed by atoms with E-state index in [-0.39, 0.29) is 22.5 Å². The molecule has 0 aromatic heterocycles. The summed E-state index contributed by atoms with van der Waals surface area (Å²) >= 11 is 0. The van der Waals surface area contributed by atoms with Crippen molar-refractivity contribution < 1.29 is 42.0 Å². The molecule has 0 aliphatic carbocycles. The van der Waals surface area contributed by atoms with Crippen LogP contribution in [0, 0.1) is 0 Å². The van der Waals surface area contributed by atoms with Crippen molar-refractivity contribution in [1.29, 1.82) is 0 Å². The summed E-state index contributed by atoms with van der Waals surface area (Å²) in [7, 11) is -1.18. The van der Waals surface area contributed by atoms with Crippen LogP contribution in [0.2, 0.25) is 6.55 Å². The lowest BCUT2D eigenvalue weighted by molar-refractivity contribution is -0.268. The molecule has 2 unspecified atom stereocenters. The second-order valence-corrected chi connectivity index (χ2v) is 9.50. The molecule has 0 amide bonds. The number of methoxy groups -OCH3 is 1. The first-order valence-electron chi connectivity index (χ1n) is 8.05. The quantitative estimate of drug-likeness (QED) is 0.152. The fourth-order valence-electron chi connectivity index (χ4n) is 1.31. The molecule has 0 saturated carbocycles. The van der Waals surface area contributed by atoms with Crippen molar-refractivity contribution in [2.45, 2.75) is 45.8 Å². The average Bonchev–Trinajstić information content (AvgIpc) is 3.03. The number of rotatable bonds is 12. The second-order valence-electron chi connectivity index (χ2n) is 4.73. The molecule has 146 valence electrons. The van der Waals surface area contributed by atoms with Crippen LogP contribution >= 0.6 is 7.60 Å². The largest absolute Gasteiger partial charge is 0.468 e. The minimum absolute atomic E-state index is 0.0139. The van der Waals surface area contributed by atoms with Gasteiger partial charge in [0.2, 0.25) is 0 Å². The Morgan fingerprint density at radius 2 is 1.75 bits per heavy atom. The Balaban J connectivity index is 0.00000118. The van der Waals surface area contributed by atoms with Crippen LogP contribution in [0.1, 0.15) is 26.7 Å². The van der Waals surface area contributed by atoms with Gasteiger partial charge in [0.15, 0.2) is 12.6 Å². The Kier molecular flexibility index (Phi) is 15.8. The lowest BCUT2D eigenvalue weighted by Gasteiger charge is -2.18. The maximum absolute atomic E-state index is 12.4. The molecule has 0 aromatic carbocycles. The van der Waals surface area contributed by atoms with Crippen LogP contribution < -0.4 is 0 Å². The number of hydrogen-bond donors (Lipinski definition) is 0. The minimum Gasteiger partial charge on any atom is -0.468 e. The number of hydrogen-bond acceptors (Lipinski definition) is 9. The van der Waals surface area contributed by atoms with E-state index in [1.54, 1.807) is 0 Å². The molecule has 1 heterocycles. The molecule has 1 fully saturated rings. The SMILES string of the molecule is CCCOOP(=O)(CC1OCC(OC)O1)OOCCC.C[SiH2]O[SiH3]. The third kappa shape index (κ3) is 11.8. The molecule has 0 spiro atoms. The standard InChI is InChI=1S/C11H23O8P.CH8OSi2/c1-4-6-15-18-20(12,19-16-7-5-2)9-11-14-8-10(13-3)17-11;1-4-2-3/h10-11H,4-9H2,1-3H3;4H2,1,3H3. The molecule has 2 atom stereocenters. The first kappa shape index (κ1) is 24.3. The fourth-order valence-corrected chi connectivity index (χ4v) is 2.48. The van der Waals surface area contributed by atoms with Crippen LogP contribution in [0.25, 0.3) is 0 Å². The molecule has 1 rings (SSSR count). The Bertz CT molecular complexity index is 322. The smallest absolute Gasteiger partial charge is 0.389 e. The summed E-state index contributed by atoms with van der Waals surface area (Å²) in [4.78, 5) is 9.66. The van der Waals surface area contributed by atoms with Crippen LogP contribution in [-0.4, -0.2) is 65.9 Å². The Labute approximate surface area is 149 Å². The van der Waals surface area contributed by atoms with Gasteiger partial charge >= 0.3 is 7.60 Å². The summed E-state index contributed by atoms with van der Waals surface area (Å²) in [6.07, 6.45) is 0.0684. The normalized spacial score (nSPS) is 21.3. The van der Waals surface area contributed by atoms with E-state index in [0.29, 0.717) is 13.2 Å². The van der Waals surface area contributed by atoms with Crippen molar-refractivity contribution in [2.24, 2.45) is 0 Å². The van der Waals surface area contributed by atoms with Crippen LogP contribution in [0.5, 0.6) is 0 Å². The maximum Gasteiger partial charge on any atom is 0.389 e.